The highest BCUT2D eigenvalue weighted by molar-refractivity contribution is 7.99. The van der Waals surface area contributed by atoms with E-state index >= 15 is 0 Å². The Kier molecular flexibility index (Phi) is 5.94. The normalized spacial score (nSPS) is 20.0. The van der Waals surface area contributed by atoms with Crippen LogP contribution in [0.3, 0.4) is 0 Å². The number of carbonyl (C=O) groups is 1. The van der Waals surface area contributed by atoms with Crippen LogP contribution in [-0.2, 0) is 20.4 Å². The molecule has 1 amide bonds. The molecule has 6 nitrogen and oxygen atoms in total. The van der Waals surface area contributed by atoms with Crippen molar-refractivity contribution in [1.29, 1.82) is 0 Å². The second-order valence-electron chi connectivity index (χ2n) is 6.21. The van der Waals surface area contributed by atoms with Gasteiger partial charge in [-0.1, -0.05) is 11.6 Å². The first-order valence-corrected chi connectivity index (χ1v) is 11.4. The van der Waals surface area contributed by atoms with Crippen LogP contribution < -0.4 is 5.32 Å². The molecule has 0 radical (unpaired) electrons. The Hall–Kier alpha value is -1.51. The van der Waals surface area contributed by atoms with E-state index in [9.17, 15) is 13.2 Å². The van der Waals surface area contributed by atoms with E-state index in [-0.39, 0.29) is 28.7 Å². The Balaban J connectivity index is 1.51. The van der Waals surface area contributed by atoms with E-state index in [4.69, 9.17) is 16.0 Å². The molecule has 1 aliphatic rings. The van der Waals surface area contributed by atoms with Gasteiger partial charge in [-0.3, -0.25) is 4.79 Å². The molecule has 0 unspecified atom stereocenters. The average Bonchev–Trinajstić information content (AvgIpc) is 3.19. The quantitative estimate of drug-likeness (QED) is 0.781. The monoisotopic (exact) mass is 414 g/mol. The Morgan fingerprint density at radius 1 is 1.42 bits per heavy atom. The van der Waals surface area contributed by atoms with Gasteiger partial charge in [0.25, 0.3) is 0 Å². The largest absolute Gasteiger partial charge is 0.444 e. The maximum absolute atomic E-state index is 12.2. The maximum Gasteiger partial charge on any atom is 0.233 e. The highest BCUT2D eigenvalue weighted by atomic mass is 35.5. The highest BCUT2D eigenvalue weighted by Gasteiger charge is 2.30. The second kappa shape index (κ2) is 8.02. The Bertz CT molecular complexity index is 880. The summed E-state index contributed by atoms with van der Waals surface area (Å²) in [6.07, 6.45) is 2.06. The van der Waals surface area contributed by atoms with Crippen molar-refractivity contribution in [1.82, 2.24) is 10.3 Å². The molecule has 140 valence electrons. The fourth-order valence-corrected chi connectivity index (χ4v) is 5.18. The summed E-state index contributed by atoms with van der Waals surface area (Å²) in [7, 11) is -3.00. The summed E-state index contributed by atoms with van der Waals surface area (Å²) in [4.78, 5) is 16.6. The van der Waals surface area contributed by atoms with E-state index in [1.54, 1.807) is 25.3 Å². The van der Waals surface area contributed by atoms with E-state index < -0.39 is 9.84 Å². The smallest absolute Gasteiger partial charge is 0.233 e. The number of hydrogen-bond donors (Lipinski definition) is 1. The van der Waals surface area contributed by atoms with E-state index in [1.807, 2.05) is 12.1 Å². The number of oxazole rings is 1. The summed E-state index contributed by atoms with van der Waals surface area (Å²) in [6, 6.07) is 6.92. The molecule has 3 rings (SSSR count). The lowest BCUT2D eigenvalue weighted by atomic mass is 10.2. The Labute approximate surface area is 161 Å². The topological polar surface area (TPSA) is 89.3 Å². The van der Waals surface area contributed by atoms with E-state index in [1.165, 1.54) is 11.8 Å². The van der Waals surface area contributed by atoms with Crippen LogP contribution in [0.4, 0.5) is 0 Å². The van der Waals surface area contributed by atoms with Crippen molar-refractivity contribution >= 4 is 39.1 Å². The Morgan fingerprint density at radius 2 is 2.15 bits per heavy atom. The van der Waals surface area contributed by atoms with Gasteiger partial charge in [-0.15, -0.1) is 11.8 Å². The molecule has 9 heteroatoms. The molecule has 26 heavy (non-hydrogen) atoms. The van der Waals surface area contributed by atoms with Crippen molar-refractivity contribution in [2.75, 3.05) is 11.5 Å². The van der Waals surface area contributed by atoms with Gasteiger partial charge in [0.1, 0.15) is 6.26 Å². The number of carbonyl (C=O) groups excluding carboxylic acids is 1. The molecule has 1 aromatic carbocycles. The van der Waals surface area contributed by atoms with Gasteiger partial charge in [0.15, 0.2) is 9.84 Å². The lowest BCUT2D eigenvalue weighted by molar-refractivity contribution is -0.120. The van der Waals surface area contributed by atoms with Crippen LogP contribution in [0.2, 0.25) is 5.02 Å². The Morgan fingerprint density at radius 3 is 2.81 bits per heavy atom. The zero-order valence-electron chi connectivity index (χ0n) is 14.1. The van der Waals surface area contributed by atoms with Crippen molar-refractivity contribution in [3.8, 4) is 11.5 Å². The summed E-state index contributed by atoms with van der Waals surface area (Å²) in [5.74, 6) is 1.05. The maximum atomic E-state index is 12.2. The van der Waals surface area contributed by atoms with Crippen molar-refractivity contribution in [3.05, 3.63) is 41.2 Å². The molecule has 1 N–H and O–H groups in total. The minimum absolute atomic E-state index is 0.0316. The van der Waals surface area contributed by atoms with Crippen LogP contribution >= 0.6 is 23.4 Å². The fraction of sp³-hybridized carbons (Fsp3) is 0.412. The fourth-order valence-electron chi connectivity index (χ4n) is 2.61. The zero-order chi connectivity index (χ0) is 18.7. The average molecular weight is 415 g/mol. The predicted molar refractivity (Wildman–Crippen MR) is 103 cm³/mol. The summed E-state index contributed by atoms with van der Waals surface area (Å²) in [5.41, 5.74) is 1.57. The van der Waals surface area contributed by atoms with Gasteiger partial charge in [-0.25, -0.2) is 13.4 Å². The van der Waals surface area contributed by atoms with Gasteiger partial charge in [0, 0.05) is 22.4 Å². The number of rotatable bonds is 6. The number of hydrogen-bond acceptors (Lipinski definition) is 6. The van der Waals surface area contributed by atoms with E-state index in [2.05, 4.69) is 10.3 Å². The summed E-state index contributed by atoms with van der Waals surface area (Å²) in [5, 5.41) is 3.14. The number of halogens is 1. The minimum Gasteiger partial charge on any atom is -0.444 e. The number of nitrogens with zero attached hydrogens (tertiary/aromatic N) is 1. The van der Waals surface area contributed by atoms with Crippen LogP contribution in [0, 0.1) is 0 Å². The first kappa shape index (κ1) is 19.3. The summed E-state index contributed by atoms with van der Waals surface area (Å²) < 4.78 is 28.4. The number of nitrogens with one attached hydrogen (secondary N) is 1. The molecule has 0 saturated carbocycles. The van der Waals surface area contributed by atoms with Crippen LogP contribution in [0.25, 0.3) is 11.5 Å². The predicted octanol–water partition coefficient (Wildman–Crippen LogP) is 2.92. The lowest BCUT2D eigenvalue weighted by Crippen LogP contribution is -2.40. The minimum atomic E-state index is -3.00. The molecule has 2 aromatic rings. The standard InChI is InChI=1S/C17H19ClN2O4S2/c1-11(16(21)19-14-6-7-26(22,23)10-14)25-9-15-8-24-17(20-15)12-2-4-13(18)5-3-12/h2-5,8,11,14H,6-7,9-10H2,1H3,(H,19,21)/t11-,14-/m1/s1. The van der Waals surface area contributed by atoms with Crippen molar-refractivity contribution in [2.24, 2.45) is 0 Å². The molecule has 0 bridgehead atoms. The van der Waals surface area contributed by atoms with Gasteiger partial charge in [0.2, 0.25) is 11.8 Å². The number of aromatic nitrogens is 1. The third kappa shape index (κ3) is 5.02. The van der Waals surface area contributed by atoms with Crippen LogP contribution in [-0.4, -0.2) is 42.1 Å². The second-order valence-corrected chi connectivity index (χ2v) is 10.2. The zero-order valence-corrected chi connectivity index (χ0v) is 16.5. The van der Waals surface area contributed by atoms with Gasteiger partial charge in [-0.05, 0) is 37.6 Å². The van der Waals surface area contributed by atoms with Gasteiger partial charge >= 0.3 is 0 Å². The molecule has 2 heterocycles. The molecule has 2 atom stereocenters. The van der Waals surface area contributed by atoms with Crippen molar-refractivity contribution in [2.45, 2.75) is 30.4 Å². The third-order valence-electron chi connectivity index (χ3n) is 4.07. The molecule has 0 spiro atoms. The first-order valence-electron chi connectivity index (χ1n) is 8.15. The van der Waals surface area contributed by atoms with Crippen LogP contribution in [0.1, 0.15) is 19.0 Å². The van der Waals surface area contributed by atoms with Crippen molar-refractivity contribution < 1.29 is 17.6 Å². The molecular formula is C17H19ClN2O4S2. The molecule has 1 aliphatic heterocycles. The van der Waals surface area contributed by atoms with Gasteiger partial charge < -0.3 is 9.73 Å². The molecular weight excluding hydrogens is 396 g/mol. The van der Waals surface area contributed by atoms with Crippen molar-refractivity contribution in [3.63, 3.8) is 0 Å². The third-order valence-corrected chi connectivity index (χ3v) is 7.27. The molecule has 1 saturated heterocycles. The van der Waals surface area contributed by atoms with Gasteiger partial charge in [0.05, 0.1) is 22.4 Å². The number of amides is 1. The lowest BCUT2D eigenvalue weighted by Gasteiger charge is -2.15. The summed E-state index contributed by atoms with van der Waals surface area (Å²) >= 11 is 7.30. The molecule has 0 aliphatic carbocycles. The van der Waals surface area contributed by atoms with Gasteiger partial charge in [-0.2, -0.15) is 0 Å². The number of benzene rings is 1. The first-order chi connectivity index (χ1) is 12.3. The van der Waals surface area contributed by atoms with Crippen LogP contribution in [0.5, 0.6) is 0 Å². The summed E-state index contributed by atoms with van der Waals surface area (Å²) in [6.45, 7) is 1.80. The molecule has 1 aromatic heterocycles. The number of sulfone groups is 1. The van der Waals surface area contributed by atoms with E-state index in [0.717, 1.165) is 11.3 Å². The highest BCUT2D eigenvalue weighted by Crippen LogP contribution is 2.24. The molecule has 1 fully saturated rings. The van der Waals surface area contributed by atoms with Crippen LogP contribution in [0.15, 0.2) is 34.9 Å². The number of thioether (sulfide) groups is 1. The SMILES string of the molecule is C[C@@H](SCc1coc(-c2ccc(Cl)cc2)n1)C(=O)N[C@@H]1CCS(=O)(=O)C1. The van der Waals surface area contributed by atoms with E-state index in [0.29, 0.717) is 23.1 Å².